The average Bonchev–Trinajstić information content (AvgIpc) is 1.18. The molecular formula is C132H84O3. The van der Waals surface area contributed by atoms with Crippen molar-refractivity contribution in [3.05, 3.63) is 509 Å². The Labute approximate surface area is 802 Å². The van der Waals surface area contributed by atoms with Gasteiger partial charge in [-0.25, -0.2) is 0 Å². The molecule has 135 heavy (non-hydrogen) atoms. The van der Waals surface area contributed by atoms with Crippen LogP contribution >= 0.6 is 0 Å². The predicted molar refractivity (Wildman–Crippen MR) is 571 cm³/mol. The van der Waals surface area contributed by atoms with Gasteiger partial charge in [-0.2, -0.15) is 0 Å². The molecule has 0 fully saturated rings. The van der Waals surface area contributed by atoms with Gasteiger partial charge in [0, 0.05) is 43.4 Å². The molecule has 0 aliphatic rings. The third kappa shape index (κ3) is 14.0. The summed E-state index contributed by atoms with van der Waals surface area (Å²) in [6, 6.07) is 137. The fraction of sp³-hybridized carbons (Fsp3) is 0. The monoisotopic (exact) mass is 1730 g/mol. The quantitative estimate of drug-likeness (QED) is 0.114. The molecule has 0 unspecified atom stereocenters. The Balaban J connectivity index is 0.000000116. The van der Waals surface area contributed by atoms with E-state index in [1.807, 2.05) is 212 Å². The van der Waals surface area contributed by atoms with Gasteiger partial charge in [0.05, 0.1) is 20.6 Å². The normalized spacial score (nSPS) is 13.1. The molecule has 27 rings (SSSR count). The summed E-state index contributed by atoms with van der Waals surface area (Å²) in [6.07, 6.45) is 0. The molecule has 3 aromatic heterocycles. The largest absolute Gasteiger partial charge is 0.456 e. The molecule has 0 saturated heterocycles. The number of benzene rings is 24. The highest BCUT2D eigenvalue weighted by Crippen LogP contribution is 2.53. The van der Waals surface area contributed by atoms with Gasteiger partial charge in [-0.05, 0) is 248 Å². The molecule has 0 saturated carbocycles. The molecule has 0 amide bonds. The van der Waals surface area contributed by atoms with Gasteiger partial charge in [-0.3, -0.25) is 0 Å². The van der Waals surface area contributed by atoms with Gasteiger partial charge in [0.15, 0.2) is 0 Å². The van der Waals surface area contributed by atoms with Gasteiger partial charge < -0.3 is 13.3 Å². The van der Waals surface area contributed by atoms with Crippen LogP contribution in [0.4, 0.5) is 0 Å². The van der Waals surface area contributed by atoms with Crippen molar-refractivity contribution in [1.29, 1.82) is 0 Å². The summed E-state index contributed by atoms with van der Waals surface area (Å²) >= 11 is 0. The number of hydrogen-bond donors (Lipinski definition) is 0. The number of rotatable bonds is 12. The third-order valence-electron chi connectivity index (χ3n) is 26.2. The van der Waals surface area contributed by atoms with E-state index in [0.717, 1.165) is 231 Å². The SMILES string of the molecule is [2H]c1c([2H])c([2H])c(-c2c3ccccc3c(-c3ccc4oc5c(-c6ccccc6)c(-c6ccccc6)ccc5c4c3)c3ccccc23)c([2H])c1[2H].[2H]c1c([2H])c([2H])c(-c2c3ccccc3c(-c3ccc4oc5c(-c6ccccc6)ccc(-c6ccccc6)c5c4c3)c3ccccc23)c([2H])c1[2H].[2H]c1c([2H])c([2H])c(-c2c3ccccc3c(-c3ccc4oc5cc(-c6ccccc6)cc(-c6ccccc6)c5c4c3)c3ccccc23)c([2H])c1[2H]. The molecule has 24 aromatic carbocycles. The van der Waals surface area contributed by atoms with E-state index in [2.05, 4.69) is 206 Å². The summed E-state index contributed by atoms with van der Waals surface area (Å²) in [5, 5.41) is 16.5. The van der Waals surface area contributed by atoms with Crippen molar-refractivity contribution >= 4 is 130 Å². The maximum atomic E-state index is 8.88. The fourth-order valence-electron chi connectivity index (χ4n) is 20.4. The van der Waals surface area contributed by atoms with Crippen LogP contribution in [0, 0.1) is 0 Å². The van der Waals surface area contributed by atoms with Crippen LogP contribution in [0.15, 0.2) is 522 Å². The molecule has 0 bridgehead atoms. The fourth-order valence-corrected chi connectivity index (χ4v) is 20.4. The van der Waals surface area contributed by atoms with Crippen LogP contribution in [0.3, 0.4) is 0 Å². The summed E-state index contributed by atoms with van der Waals surface area (Å²) in [5.74, 6) is 0. The minimum Gasteiger partial charge on any atom is -0.456 e. The first-order valence-electron chi connectivity index (χ1n) is 52.6. The van der Waals surface area contributed by atoms with E-state index in [0.29, 0.717) is 16.7 Å². The zero-order chi connectivity index (χ0) is 102. The summed E-state index contributed by atoms with van der Waals surface area (Å²) in [7, 11) is 0. The molecule has 3 nitrogen and oxygen atoms in total. The van der Waals surface area contributed by atoms with Crippen molar-refractivity contribution in [2.45, 2.75) is 0 Å². The van der Waals surface area contributed by atoms with E-state index in [4.69, 9.17) is 33.8 Å². The molecule has 0 spiro atoms. The molecule has 630 valence electrons. The Morgan fingerprint density at radius 3 is 0.800 bits per heavy atom. The van der Waals surface area contributed by atoms with Crippen molar-refractivity contribution in [1.82, 2.24) is 0 Å². The maximum absolute atomic E-state index is 8.88. The van der Waals surface area contributed by atoms with Crippen molar-refractivity contribution in [3.8, 4) is 134 Å². The van der Waals surface area contributed by atoms with Crippen LogP contribution in [0.2, 0.25) is 0 Å². The Hall–Kier alpha value is -17.8. The Kier molecular flexibility index (Phi) is 16.3. The predicted octanol–water partition coefficient (Wildman–Crippen LogP) is 37.7. The topological polar surface area (TPSA) is 39.4 Å². The second-order valence-corrected chi connectivity index (χ2v) is 33.8. The van der Waals surface area contributed by atoms with Gasteiger partial charge in [-0.15, -0.1) is 0 Å². The Morgan fingerprint density at radius 1 is 0.133 bits per heavy atom. The second kappa shape index (κ2) is 33.9. The number of hydrogen-bond acceptors (Lipinski definition) is 3. The van der Waals surface area contributed by atoms with Crippen LogP contribution < -0.4 is 0 Å². The standard InChI is InChI=1S/3C44H28O/c1-4-14-29(15-5-1)33-25-26-34(30-16-6-2-7-17-30)44-43(33)39-28-32(24-27-40(39)45-44)42-37-22-12-10-20-35(37)41(31-18-8-3-9-19-31)36-21-11-13-23-38(36)42;1-4-14-29(15-5-1)33-25-26-38-39-28-32(24-27-40(39)45-44(38)43(33)31-18-8-3-9-19-31)42-36-22-12-10-20-34(36)41(30-16-6-2-7-17-30)35-21-11-13-23-37(35)42;1-4-14-29(15-5-1)33-27-38(30-16-6-2-7-17-30)44-39-26-32(24-25-40(39)45-41(44)28-33)43-36-22-12-10-20-34(36)42(31-18-8-3-9-19-31)35-21-11-13-23-37(35)43/h3*1-28H/i3D,8D,9D,18D,19D;2D,6D,7D,16D,17D;3D,8D,9D,18D,19D. The van der Waals surface area contributed by atoms with Gasteiger partial charge in [-0.1, -0.05) is 449 Å². The van der Waals surface area contributed by atoms with Crippen LogP contribution in [0.25, 0.3) is 264 Å². The molecule has 0 N–H and O–H groups in total. The zero-order valence-corrected chi connectivity index (χ0v) is 72.6. The van der Waals surface area contributed by atoms with E-state index in [1.54, 1.807) is 0 Å². The van der Waals surface area contributed by atoms with Gasteiger partial charge in [0.25, 0.3) is 0 Å². The van der Waals surface area contributed by atoms with Crippen LogP contribution in [0.1, 0.15) is 20.6 Å². The highest BCUT2D eigenvalue weighted by atomic mass is 16.3. The summed E-state index contributed by atoms with van der Waals surface area (Å²) in [4.78, 5) is 0. The Morgan fingerprint density at radius 2 is 0.415 bits per heavy atom. The van der Waals surface area contributed by atoms with Gasteiger partial charge in [0.2, 0.25) is 0 Å². The highest BCUT2D eigenvalue weighted by Gasteiger charge is 2.27. The van der Waals surface area contributed by atoms with Crippen molar-refractivity contribution < 1.29 is 33.8 Å². The minimum absolute atomic E-state index is 0.201. The lowest BCUT2D eigenvalue weighted by Gasteiger charge is -2.17. The first-order valence-corrected chi connectivity index (χ1v) is 45.1. The first-order chi connectivity index (χ1) is 73.2. The smallest absolute Gasteiger partial charge is 0.143 e. The van der Waals surface area contributed by atoms with E-state index in [-0.39, 0.29) is 89.2 Å². The zero-order valence-electron chi connectivity index (χ0n) is 87.6. The van der Waals surface area contributed by atoms with Gasteiger partial charge >= 0.3 is 0 Å². The lowest BCUT2D eigenvalue weighted by molar-refractivity contribution is 0.669. The number of furan rings is 3. The molecular weight excluding hydrogens is 1630 g/mol. The summed E-state index contributed by atoms with van der Waals surface area (Å²) in [5.41, 5.74) is 26.3. The second-order valence-electron chi connectivity index (χ2n) is 33.8. The van der Waals surface area contributed by atoms with Crippen molar-refractivity contribution in [3.63, 3.8) is 0 Å². The molecule has 3 heterocycles. The molecule has 0 aliphatic heterocycles. The van der Waals surface area contributed by atoms with E-state index < -0.39 is 18.1 Å². The number of fused-ring (bicyclic) bond motifs is 15. The molecule has 27 aromatic rings. The van der Waals surface area contributed by atoms with E-state index >= 15 is 0 Å². The Bertz CT molecular complexity index is 10000. The molecule has 0 radical (unpaired) electrons. The lowest BCUT2D eigenvalue weighted by atomic mass is 9.85. The minimum atomic E-state index is -0.403. The van der Waals surface area contributed by atoms with Crippen molar-refractivity contribution in [2.24, 2.45) is 0 Å². The lowest BCUT2D eigenvalue weighted by Crippen LogP contribution is -1.90. The average molecular weight is 1730 g/mol. The first kappa shape index (κ1) is 64.9. The highest BCUT2D eigenvalue weighted by molar-refractivity contribution is 6.27. The van der Waals surface area contributed by atoms with Crippen LogP contribution in [-0.4, -0.2) is 0 Å². The van der Waals surface area contributed by atoms with E-state index in [1.165, 1.54) is 0 Å². The summed E-state index contributed by atoms with van der Waals surface area (Å²) < 4.78 is 148. The molecule has 0 atom stereocenters. The third-order valence-corrected chi connectivity index (χ3v) is 26.2. The van der Waals surface area contributed by atoms with Crippen LogP contribution in [-0.2, 0) is 0 Å². The summed E-state index contributed by atoms with van der Waals surface area (Å²) in [6.45, 7) is 0. The molecule has 3 heteroatoms. The van der Waals surface area contributed by atoms with E-state index in [9.17, 15) is 0 Å². The molecule has 0 aliphatic carbocycles. The van der Waals surface area contributed by atoms with Gasteiger partial charge in [0.1, 0.15) is 33.5 Å². The maximum Gasteiger partial charge on any atom is 0.143 e. The van der Waals surface area contributed by atoms with Crippen LogP contribution in [0.5, 0.6) is 0 Å². The van der Waals surface area contributed by atoms with Crippen molar-refractivity contribution in [2.75, 3.05) is 0 Å².